The Morgan fingerprint density at radius 3 is 2.89 bits per heavy atom. The molecule has 3 aliphatic rings. The molecule has 4 rings (SSSR count). The lowest BCUT2D eigenvalue weighted by Crippen LogP contribution is -2.37. The molecular weight excluding hydrogens is 346 g/mol. The molecule has 7 nitrogen and oxygen atoms in total. The second-order valence-corrected chi connectivity index (χ2v) is 7.22. The van der Waals surface area contributed by atoms with Crippen molar-refractivity contribution in [3.05, 3.63) is 35.7 Å². The number of ketones is 1. The van der Waals surface area contributed by atoms with Crippen LogP contribution in [0.4, 0.5) is 5.69 Å². The number of ether oxygens (including phenoxy) is 1. The highest BCUT2D eigenvalue weighted by atomic mass is 16.5. The lowest BCUT2D eigenvalue weighted by Gasteiger charge is -2.30. The molecule has 1 N–H and O–H groups in total. The van der Waals surface area contributed by atoms with Gasteiger partial charge in [0, 0.05) is 49.3 Å². The number of hydrogen-bond acceptors (Lipinski definition) is 6. The first-order valence-corrected chi connectivity index (χ1v) is 9.29. The molecule has 142 valence electrons. The Labute approximate surface area is 157 Å². The number of carbonyl (C=O) groups is 2. The number of amides is 1. The predicted octanol–water partition coefficient (Wildman–Crippen LogP) is 1.82. The molecule has 0 bridgehead atoms. The maximum absolute atomic E-state index is 12.9. The second kappa shape index (κ2) is 7.15. The van der Waals surface area contributed by atoms with Crippen LogP contribution in [0.5, 0.6) is 5.75 Å². The molecule has 1 aromatic carbocycles. The molecule has 0 saturated carbocycles. The Hall–Kier alpha value is -2.67. The first kappa shape index (κ1) is 17.7. The largest absolute Gasteiger partial charge is 0.508 e. The number of carbonyl (C=O) groups excluding carboxylic acids is 2. The van der Waals surface area contributed by atoms with E-state index in [-0.39, 0.29) is 36.2 Å². The molecule has 1 atom stereocenters. The number of morpholine rings is 1. The van der Waals surface area contributed by atoms with Gasteiger partial charge in [-0.2, -0.15) is 0 Å². The van der Waals surface area contributed by atoms with Gasteiger partial charge in [0.2, 0.25) is 5.91 Å². The summed E-state index contributed by atoms with van der Waals surface area (Å²) in [5, 5.41) is 10.1. The van der Waals surface area contributed by atoms with Crippen LogP contribution in [0.1, 0.15) is 31.2 Å². The Balaban J connectivity index is 1.52. The van der Waals surface area contributed by atoms with Gasteiger partial charge in [-0.3, -0.25) is 9.59 Å². The molecule has 0 spiro atoms. The highest BCUT2D eigenvalue weighted by molar-refractivity contribution is 6.16. The number of aliphatic imine (C=N–C) groups is 1. The molecule has 1 saturated heterocycles. The third kappa shape index (κ3) is 3.47. The Kier molecular flexibility index (Phi) is 4.70. The maximum Gasteiger partial charge on any atom is 0.232 e. The number of benzene rings is 1. The first-order chi connectivity index (χ1) is 13.0. The van der Waals surface area contributed by atoms with Crippen molar-refractivity contribution in [3.63, 3.8) is 0 Å². The minimum atomic E-state index is -0.0963. The summed E-state index contributed by atoms with van der Waals surface area (Å²) in [7, 11) is 0. The highest BCUT2D eigenvalue weighted by Crippen LogP contribution is 2.41. The average molecular weight is 369 g/mol. The van der Waals surface area contributed by atoms with E-state index in [0.29, 0.717) is 44.4 Å². The van der Waals surface area contributed by atoms with Crippen molar-refractivity contribution in [3.8, 4) is 5.75 Å². The van der Waals surface area contributed by atoms with Crippen LogP contribution in [0.15, 0.2) is 35.1 Å². The van der Waals surface area contributed by atoms with Crippen molar-refractivity contribution in [2.75, 3.05) is 37.7 Å². The number of hydrogen-bond donors (Lipinski definition) is 1. The fourth-order valence-corrected chi connectivity index (χ4v) is 3.94. The number of allylic oxidation sites excluding steroid dienone is 1. The standard InChI is InChI=1S/C20H23N3O4/c1-13-12-23(16-3-2-4-17(25)20(13)16)19(26)10-14-9-15(24)11-18(21-14)22-5-7-27-8-6-22/h2-4,11,13,25H,5-10,12H2,1H3/t13-/m1/s1. The van der Waals surface area contributed by atoms with Gasteiger partial charge in [0.25, 0.3) is 0 Å². The monoisotopic (exact) mass is 369 g/mol. The van der Waals surface area contributed by atoms with E-state index in [1.807, 2.05) is 17.9 Å². The smallest absolute Gasteiger partial charge is 0.232 e. The number of nitrogens with zero attached hydrogens (tertiary/aromatic N) is 3. The van der Waals surface area contributed by atoms with E-state index in [9.17, 15) is 14.7 Å². The highest BCUT2D eigenvalue weighted by Gasteiger charge is 2.33. The fraction of sp³-hybridized carbons (Fsp3) is 0.450. The summed E-state index contributed by atoms with van der Waals surface area (Å²) in [5.74, 6) is 0.801. The van der Waals surface area contributed by atoms with Crippen LogP contribution in [0.3, 0.4) is 0 Å². The second-order valence-electron chi connectivity index (χ2n) is 7.22. The molecule has 27 heavy (non-hydrogen) atoms. The van der Waals surface area contributed by atoms with Crippen molar-refractivity contribution in [1.82, 2.24) is 4.90 Å². The molecular formula is C20H23N3O4. The van der Waals surface area contributed by atoms with Gasteiger partial charge >= 0.3 is 0 Å². The molecule has 0 aromatic heterocycles. The minimum absolute atomic E-state index is 0.0258. The summed E-state index contributed by atoms with van der Waals surface area (Å²) in [6.07, 6.45) is 1.84. The van der Waals surface area contributed by atoms with Crippen molar-refractivity contribution in [1.29, 1.82) is 0 Å². The summed E-state index contributed by atoms with van der Waals surface area (Å²) in [6.45, 7) is 5.13. The van der Waals surface area contributed by atoms with Crippen LogP contribution in [-0.2, 0) is 14.3 Å². The first-order valence-electron chi connectivity index (χ1n) is 9.29. The number of rotatable bonds is 3. The molecule has 1 amide bonds. The molecule has 3 heterocycles. The number of aromatic hydroxyl groups is 1. The number of phenolic OH excluding ortho intramolecular Hbond substituents is 1. The van der Waals surface area contributed by atoms with Crippen LogP contribution in [0.25, 0.3) is 0 Å². The van der Waals surface area contributed by atoms with Gasteiger partial charge in [0.1, 0.15) is 11.6 Å². The molecule has 7 heteroatoms. The van der Waals surface area contributed by atoms with Crippen molar-refractivity contribution in [2.45, 2.75) is 25.7 Å². The van der Waals surface area contributed by atoms with Gasteiger partial charge in [0.15, 0.2) is 5.78 Å². The minimum Gasteiger partial charge on any atom is -0.508 e. The quantitative estimate of drug-likeness (QED) is 0.879. The van der Waals surface area contributed by atoms with Crippen molar-refractivity contribution < 1.29 is 19.4 Å². The Morgan fingerprint density at radius 1 is 1.33 bits per heavy atom. The third-order valence-electron chi connectivity index (χ3n) is 5.23. The van der Waals surface area contributed by atoms with Crippen LogP contribution in [0.2, 0.25) is 0 Å². The molecule has 0 radical (unpaired) electrons. The normalized spacial score (nSPS) is 22.4. The summed E-state index contributed by atoms with van der Waals surface area (Å²) >= 11 is 0. The number of phenols is 1. The van der Waals surface area contributed by atoms with E-state index in [1.54, 1.807) is 23.1 Å². The van der Waals surface area contributed by atoms with Gasteiger partial charge in [-0.25, -0.2) is 4.99 Å². The van der Waals surface area contributed by atoms with Crippen molar-refractivity contribution >= 4 is 23.1 Å². The average Bonchev–Trinajstić information content (AvgIpc) is 3.00. The number of fused-ring (bicyclic) bond motifs is 1. The van der Waals surface area contributed by atoms with Gasteiger partial charge in [0.05, 0.1) is 25.3 Å². The lowest BCUT2D eigenvalue weighted by molar-refractivity contribution is -0.117. The summed E-state index contributed by atoms with van der Waals surface area (Å²) in [5.41, 5.74) is 2.15. The van der Waals surface area contributed by atoms with Gasteiger partial charge in [-0.15, -0.1) is 0 Å². The van der Waals surface area contributed by atoms with E-state index in [4.69, 9.17) is 4.74 Å². The Bertz CT molecular complexity index is 840. The molecule has 0 aliphatic carbocycles. The van der Waals surface area contributed by atoms with E-state index < -0.39 is 0 Å². The molecule has 1 aromatic rings. The molecule has 3 aliphatic heterocycles. The third-order valence-corrected chi connectivity index (χ3v) is 5.23. The van der Waals surface area contributed by atoms with Crippen LogP contribution in [-0.4, -0.2) is 60.3 Å². The van der Waals surface area contributed by atoms with Gasteiger partial charge in [-0.05, 0) is 12.1 Å². The van der Waals surface area contributed by atoms with Crippen LogP contribution in [0, 0.1) is 0 Å². The van der Waals surface area contributed by atoms with Crippen LogP contribution >= 0.6 is 0 Å². The predicted molar refractivity (Wildman–Crippen MR) is 101 cm³/mol. The zero-order valence-electron chi connectivity index (χ0n) is 15.4. The van der Waals surface area contributed by atoms with E-state index in [2.05, 4.69) is 4.99 Å². The van der Waals surface area contributed by atoms with E-state index >= 15 is 0 Å². The topological polar surface area (TPSA) is 82.4 Å². The maximum atomic E-state index is 12.9. The lowest BCUT2D eigenvalue weighted by atomic mass is 10.0. The van der Waals surface area contributed by atoms with Gasteiger partial charge in [-0.1, -0.05) is 13.0 Å². The summed E-state index contributed by atoms with van der Waals surface area (Å²) < 4.78 is 5.35. The van der Waals surface area contributed by atoms with Crippen LogP contribution < -0.4 is 4.90 Å². The summed E-state index contributed by atoms with van der Waals surface area (Å²) in [6, 6.07) is 5.24. The summed E-state index contributed by atoms with van der Waals surface area (Å²) in [4.78, 5) is 33.4. The zero-order valence-corrected chi connectivity index (χ0v) is 15.4. The fourth-order valence-electron chi connectivity index (χ4n) is 3.94. The van der Waals surface area contributed by atoms with Gasteiger partial charge < -0.3 is 19.6 Å². The number of anilines is 1. The van der Waals surface area contributed by atoms with E-state index in [1.165, 1.54) is 0 Å². The molecule has 1 fully saturated rings. The van der Waals surface area contributed by atoms with Crippen molar-refractivity contribution in [2.24, 2.45) is 4.99 Å². The molecule has 0 unspecified atom stereocenters. The SMILES string of the molecule is C[C@@H]1CN(C(=O)CC2=NC(N3CCOCC3)=CC(=O)C2)c2cccc(O)c21. The zero-order chi connectivity index (χ0) is 19.0. The Morgan fingerprint density at radius 2 is 2.11 bits per heavy atom. The van der Waals surface area contributed by atoms with E-state index in [0.717, 1.165) is 11.3 Å².